The van der Waals surface area contributed by atoms with E-state index in [0.717, 1.165) is 29.0 Å². The number of methoxy groups -OCH3 is 1. The quantitative estimate of drug-likeness (QED) is 0.657. The van der Waals surface area contributed by atoms with E-state index in [1.54, 1.807) is 17.7 Å². The van der Waals surface area contributed by atoms with E-state index in [0.29, 0.717) is 6.54 Å². The highest BCUT2D eigenvalue weighted by Gasteiger charge is 2.12. The average Bonchev–Trinajstić information content (AvgIpc) is 2.49. The smallest absolute Gasteiger partial charge is 0.262 e. The summed E-state index contributed by atoms with van der Waals surface area (Å²) in [7, 11) is 1.64. The number of nitrogen functional groups attached to an aromatic ring is 1. The summed E-state index contributed by atoms with van der Waals surface area (Å²) in [4.78, 5) is 12.5. The van der Waals surface area contributed by atoms with Crippen LogP contribution in [0.1, 0.15) is 24.5 Å². The Bertz CT molecular complexity index is 763. The van der Waals surface area contributed by atoms with Crippen LogP contribution in [0, 0.1) is 12.3 Å². The second-order valence-corrected chi connectivity index (χ2v) is 5.19. The first-order valence-corrected chi connectivity index (χ1v) is 7.22. The Kier molecular flexibility index (Phi) is 4.65. The molecule has 2 aromatic rings. The summed E-state index contributed by atoms with van der Waals surface area (Å²) in [5.41, 5.74) is 8.27. The van der Waals surface area contributed by atoms with Gasteiger partial charge in [0.25, 0.3) is 5.56 Å². The summed E-state index contributed by atoms with van der Waals surface area (Å²) in [5, 5.41) is 7.52. The standard InChI is InChI=1S/C17H21N3O2/c1-4-9-20-14(7-6-13(16(18)19)17(20)21)12-5-8-15(22-3)11(2)10-12/h5-8,10H,4,9H2,1-3H3,(H3,18,19). The highest BCUT2D eigenvalue weighted by atomic mass is 16.5. The largest absolute Gasteiger partial charge is 0.496 e. The van der Waals surface area contributed by atoms with E-state index in [1.807, 2.05) is 38.1 Å². The van der Waals surface area contributed by atoms with Crippen molar-refractivity contribution < 1.29 is 4.74 Å². The van der Waals surface area contributed by atoms with E-state index in [1.165, 1.54) is 0 Å². The van der Waals surface area contributed by atoms with Gasteiger partial charge in [-0.15, -0.1) is 0 Å². The lowest BCUT2D eigenvalue weighted by Crippen LogP contribution is -2.30. The summed E-state index contributed by atoms with van der Waals surface area (Å²) in [6.45, 7) is 4.56. The lowest BCUT2D eigenvalue weighted by atomic mass is 10.1. The number of hydrogen-bond donors (Lipinski definition) is 2. The minimum atomic E-state index is -0.222. The van der Waals surface area contributed by atoms with Crippen LogP contribution in [0.15, 0.2) is 35.1 Å². The predicted molar refractivity (Wildman–Crippen MR) is 88.7 cm³/mol. The van der Waals surface area contributed by atoms with Crippen LogP contribution in [0.3, 0.4) is 0 Å². The normalized spacial score (nSPS) is 10.5. The van der Waals surface area contributed by atoms with Gasteiger partial charge in [-0.25, -0.2) is 0 Å². The van der Waals surface area contributed by atoms with Crippen LogP contribution in [0.25, 0.3) is 11.3 Å². The molecule has 3 N–H and O–H groups in total. The summed E-state index contributed by atoms with van der Waals surface area (Å²) in [6, 6.07) is 9.28. The molecule has 0 saturated heterocycles. The van der Waals surface area contributed by atoms with E-state index in [9.17, 15) is 4.79 Å². The number of ether oxygens (including phenoxy) is 1. The lowest BCUT2D eigenvalue weighted by Gasteiger charge is -2.15. The molecule has 0 aliphatic carbocycles. The Morgan fingerprint density at radius 1 is 1.32 bits per heavy atom. The monoisotopic (exact) mass is 299 g/mol. The first kappa shape index (κ1) is 15.8. The summed E-state index contributed by atoms with van der Waals surface area (Å²) < 4.78 is 6.95. The van der Waals surface area contributed by atoms with Crippen molar-refractivity contribution in [2.75, 3.05) is 7.11 Å². The van der Waals surface area contributed by atoms with Crippen molar-refractivity contribution in [1.82, 2.24) is 4.57 Å². The number of amidine groups is 1. The molecule has 0 unspecified atom stereocenters. The molecule has 22 heavy (non-hydrogen) atoms. The molecule has 1 aromatic carbocycles. The van der Waals surface area contributed by atoms with Gasteiger partial charge in [0, 0.05) is 6.54 Å². The maximum absolute atomic E-state index is 12.5. The number of nitrogens with two attached hydrogens (primary N) is 1. The van der Waals surface area contributed by atoms with E-state index in [4.69, 9.17) is 15.9 Å². The first-order chi connectivity index (χ1) is 10.5. The fourth-order valence-corrected chi connectivity index (χ4v) is 2.52. The van der Waals surface area contributed by atoms with Crippen molar-refractivity contribution in [2.45, 2.75) is 26.8 Å². The molecule has 116 valence electrons. The summed E-state index contributed by atoms with van der Waals surface area (Å²) in [6.07, 6.45) is 0.823. The molecule has 0 bridgehead atoms. The van der Waals surface area contributed by atoms with Crippen molar-refractivity contribution in [2.24, 2.45) is 5.73 Å². The topological polar surface area (TPSA) is 81.1 Å². The molecule has 2 rings (SSSR count). The van der Waals surface area contributed by atoms with Crippen molar-refractivity contribution in [3.8, 4) is 17.0 Å². The van der Waals surface area contributed by atoms with Gasteiger partial charge >= 0.3 is 0 Å². The number of aryl methyl sites for hydroxylation is 1. The fourth-order valence-electron chi connectivity index (χ4n) is 2.52. The highest BCUT2D eigenvalue weighted by molar-refractivity contribution is 5.94. The number of hydrogen-bond acceptors (Lipinski definition) is 3. The Morgan fingerprint density at radius 3 is 2.59 bits per heavy atom. The molecule has 0 spiro atoms. The molecule has 0 radical (unpaired) electrons. The zero-order valence-electron chi connectivity index (χ0n) is 13.1. The molecular weight excluding hydrogens is 278 g/mol. The molecule has 0 aliphatic heterocycles. The van der Waals surface area contributed by atoms with Crippen LogP contribution in [-0.2, 0) is 6.54 Å². The molecule has 0 saturated carbocycles. The fraction of sp³-hybridized carbons (Fsp3) is 0.294. The molecule has 0 amide bonds. The summed E-state index contributed by atoms with van der Waals surface area (Å²) in [5.74, 6) is 0.612. The summed E-state index contributed by atoms with van der Waals surface area (Å²) >= 11 is 0. The van der Waals surface area contributed by atoms with Crippen LogP contribution in [0.5, 0.6) is 5.75 Å². The third kappa shape index (κ3) is 2.88. The van der Waals surface area contributed by atoms with Crippen molar-refractivity contribution in [3.63, 3.8) is 0 Å². The van der Waals surface area contributed by atoms with Crippen molar-refractivity contribution in [1.29, 1.82) is 5.41 Å². The Hall–Kier alpha value is -2.56. The Labute approximate surface area is 129 Å². The average molecular weight is 299 g/mol. The number of rotatable bonds is 5. The number of pyridine rings is 1. The molecule has 0 fully saturated rings. The van der Waals surface area contributed by atoms with Crippen molar-refractivity contribution >= 4 is 5.84 Å². The second kappa shape index (κ2) is 6.47. The number of aromatic nitrogens is 1. The minimum absolute atomic E-state index is 0.202. The third-order valence-corrected chi connectivity index (χ3v) is 3.60. The van der Waals surface area contributed by atoms with E-state index >= 15 is 0 Å². The maximum Gasteiger partial charge on any atom is 0.262 e. The van der Waals surface area contributed by atoms with Gasteiger partial charge in [-0.05, 0) is 54.8 Å². The van der Waals surface area contributed by atoms with Crippen LogP contribution >= 0.6 is 0 Å². The molecule has 0 atom stereocenters. The molecule has 1 aromatic heterocycles. The number of benzene rings is 1. The van der Waals surface area contributed by atoms with Crippen LogP contribution in [0.2, 0.25) is 0 Å². The van der Waals surface area contributed by atoms with Gasteiger partial charge < -0.3 is 15.0 Å². The van der Waals surface area contributed by atoms with Gasteiger partial charge in [0.2, 0.25) is 0 Å². The molecule has 0 aliphatic rings. The van der Waals surface area contributed by atoms with Crippen LogP contribution in [0.4, 0.5) is 0 Å². The van der Waals surface area contributed by atoms with Gasteiger partial charge in [-0.3, -0.25) is 10.2 Å². The van der Waals surface area contributed by atoms with Gasteiger partial charge in [0.1, 0.15) is 11.6 Å². The first-order valence-electron chi connectivity index (χ1n) is 7.22. The number of nitrogens with zero attached hydrogens (tertiary/aromatic N) is 1. The Balaban J connectivity index is 2.64. The van der Waals surface area contributed by atoms with E-state index in [-0.39, 0.29) is 17.0 Å². The third-order valence-electron chi connectivity index (χ3n) is 3.60. The van der Waals surface area contributed by atoms with Gasteiger partial charge in [-0.2, -0.15) is 0 Å². The van der Waals surface area contributed by atoms with E-state index < -0.39 is 0 Å². The minimum Gasteiger partial charge on any atom is -0.496 e. The maximum atomic E-state index is 12.5. The molecule has 5 heteroatoms. The zero-order chi connectivity index (χ0) is 16.3. The van der Waals surface area contributed by atoms with Crippen LogP contribution in [-0.4, -0.2) is 17.5 Å². The highest BCUT2D eigenvalue weighted by Crippen LogP contribution is 2.25. The van der Waals surface area contributed by atoms with E-state index in [2.05, 4.69) is 0 Å². The lowest BCUT2D eigenvalue weighted by molar-refractivity contribution is 0.412. The number of nitrogens with one attached hydrogen (secondary N) is 1. The van der Waals surface area contributed by atoms with Crippen LogP contribution < -0.4 is 16.0 Å². The molecular formula is C17H21N3O2. The van der Waals surface area contributed by atoms with Gasteiger partial charge in [0.15, 0.2) is 0 Å². The SMILES string of the molecule is CCCn1c(-c2ccc(OC)c(C)c2)ccc(C(=N)N)c1=O. The van der Waals surface area contributed by atoms with Gasteiger partial charge in [0.05, 0.1) is 18.4 Å². The zero-order valence-corrected chi connectivity index (χ0v) is 13.1. The molecule has 5 nitrogen and oxygen atoms in total. The molecule has 1 heterocycles. The predicted octanol–water partition coefficient (Wildman–Crippen LogP) is 2.53. The van der Waals surface area contributed by atoms with Gasteiger partial charge in [-0.1, -0.05) is 6.92 Å². The van der Waals surface area contributed by atoms with Crippen molar-refractivity contribution in [3.05, 3.63) is 51.8 Å². The second-order valence-electron chi connectivity index (χ2n) is 5.19. The Morgan fingerprint density at radius 2 is 2.05 bits per heavy atom.